The molecule has 9 heteroatoms. The van der Waals surface area contributed by atoms with E-state index >= 15 is 0 Å². The molecule has 84 heavy (non-hydrogen) atoms. The Bertz CT molecular complexity index is 3200. The van der Waals surface area contributed by atoms with Crippen LogP contribution < -0.4 is 0 Å². The van der Waals surface area contributed by atoms with Gasteiger partial charge in [0.1, 0.15) is 56.1 Å². The first-order chi connectivity index (χ1) is 41.2. The van der Waals surface area contributed by atoms with Crippen molar-refractivity contribution in [3.05, 3.63) is 237 Å². The number of rotatable bonds is 24. The first-order valence-corrected chi connectivity index (χ1v) is 31.5. The maximum absolute atomic E-state index is 7.16. The van der Waals surface area contributed by atoms with E-state index in [1.54, 1.807) is 0 Å². The standard InChI is InChI=1S/C75H87N6O3/c1-7-37-82-73(64-25-31-76-67-22-16-13-19-61(64)67)70-43-58-28-34-79(70,49-55(58)10-4)46-52-40-53(47-80-35-29-59(56(11-5)50-80)44-71(80)74(83-38-8-2)65-26-32-77-68-23-17-14-20-62(65)68)42-54(41-52)48-81-36-30-60(57(12-6)51-81)45-72(81)75(84-39-9-3)66-27-33-78-69-24-18-15-21-63(66)69/h7-27,31-33,40-42,55-60,70-75H,1-6,28-30,34-39,43-51H2/q+3/t55-,56-,57-,58-,59-,60-,70+,71+,72+,73-,74-,75-,79?,80?,81?/m0/s1. The molecule has 0 radical (unpaired) electrons. The van der Waals surface area contributed by atoms with E-state index in [1.165, 1.54) is 68.8 Å². The highest BCUT2D eigenvalue weighted by Crippen LogP contribution is 2.53. The summed E-state index contributed by atoms with van der Waals surface area (Å²) in [5.74, 6) is 2.94. The molecule has 3 aromatic heterocycles. The summed E-state index contributed by atoms with van der Waals surface area (Å²) in [6.07, 6.45) is 24.9. The Labute approximate surface area is 499 Å². The summed E-state index contributed by atoms with van der Waals surface area (Å²) in [5, 5.41) is 3.51. The van der Waals surface area contributed by atoms with E-state index in [0.717, 1.165) is 108 Å². The van der Waals surface area contributed by atoms with Crippen LogP contribution in [-0.4, -0.2) is 106 Å². The Morgan fingerprint density at radius 2 is 0.714 bits per heavy atom. The van der Waals surface area contributed by atoms with Crippen LogP contribution in [0.5, 0.6) is 0 Å². The van der Waals surface area contributed by atoms with Gasteiger partial charge in [0.25, 0.3) is 0 Å². The number of para-hydroxylation sites is 3. The van der Waals surface area contributed by atoms with Gasteiger partial charge in [0.05, 0.1) is 75.6 Å². The lowest BCUT2D eigenvalue weighted by molar-refractivity contribution is -0.986. The van der Waals surface area contributed by atoms with Gasteiger partial charge in [-0.2, -0.15) is 0 Å². The minimum atomic E-state index is -0.144. The Morgan fingerprint density at radius 1 is 0.417 bits per heavy atom. The predicted molar refractivity (Wildman–Crippen MR) is 340 cm³/mol. The van der Waals surface area contributed by atoms with Crippen LogP contribution in [-0.2, 0) is 33.8 Å². The summed E-state index contributed by atoms with van der Waals surface area (Å²) in [4.78, 5) is 14.6. The number of nitrogens with zero attached hydrogens (tertiary/aromatic N) is 6. The number of hydrogen-bond acceptors (Lipinski definition) is 6. The molecule has 9 fully saturated rings. The molecule has 0 aliphatic carbocycles. The summed E-state index contributed by atoms with van der Waals surface area (Å²) in [6, 6.07) is 41.1. The van der Waals surface area contributed by atoms with Crippen molar-refractivity contribution in [3.63, 3.8) is 0 Å². The van der Waals surface area contributed by atoms with Crippen LogP contribution in [0.2, 0.25) is 0 Å². The van der Waals surface area contributed by atoms with Crippen LogP contribution in [0.4, 0.5) is 0 Å². The third-order valence-corrected chi connectivity index (χ3v) is 21.8. The van der Waals surface area contributed by atoms with Gasteiger partial charge in [0.2, 0.25) is 0 Å². The second-order valence-corrected chi connectivity index (χ2v) is 26.1. The monoisotopic (exact) mass is 1120 g/mol. The summed E-state index contributed by atoms with van der Waals surface area (Å²) < 4.78 is 24.3. The molecule has 6 bridgehead atoms. The zero-order valence-electron chi connectivity index (χ0n) is 49.4. The minimum absolute atomic E-state index is 0.144. The number of piperidine rings is 9. The molecule has 9 aliphatic heterocycles. The highest BCUT2D eigenvalue weighted by Gasteiger charge is 2.58. The quantitative estimate of drug-likeness (QED) is 0.0444. The van der Waals surface area contributed by atoms with Crippen molar-refractivity contribution in [1.82, 2.24) is 15.0 Å². The number of benzene rings is 4. The molecule has 15 atom stereocenters. The Kier molecular flexibility index (Phi) is 16.1. The van der Waals surface area contributed by atoms with E-state index in [0.29, 0.717) is 55.3 Å². The molecule has 12 heterocycles. The van der Waals surface area contributed by atoms with E-state index < -0.39 is 0 Å². The Balaban J connectivity index is 0.963. The third kappa shape index (κ3) is 10.4. The van der Waals surface area contributed by atoms with Gasteiger partial charge >= 0.3 is 0 Å². The lowest BCUT2D eigenvalue weighted by atomic mass is 9.70. The van der Waals surface area contributed by atoms with Gasteiger partial charge in [-0.05, 0) is 89.0 Å². The largest absolute Gasteiger partial charge is 0.363 e. The fourth-order valence-corrected chi connectivity index (χ4v) is 18.1. The number of quaternary nitrogens is 3. The second-order valence-electron chi connectivity index (χ2n) is 26.1. The molecule has 432 valence electrons. The SMILES string of the molecule is C=CCO[C@@H](c1ccnc2ccccc12)[C@H]1C[C@@H]2CC[N+]1(Cc1cc(C[N+]34CC[C@@H](C[C@@H]3[C@@H](OCC=C)c3ccnc5ccccc35)[C@@H](C=C)C4)cc(C[N+]34CC[C@@H](C[C@@H]3[C@@H](OCC=C)c3ccnc5ccccc35)[C@@H](C=C)C4)c1)C[C@@H]2C=C. The fourth-order valence-electron chi connectivity index (χ4n) is 18.1. The first-order valence-electron chi connectivity index (χ1n) is 31.5. The van der Waals surface area contributed by atoms with Crippen LogP contribution >= 0.6 is 0 Å². The zero-order valence-corrected chi connectivity index (χ0v) is 49.4. The molecule has 0 N–H and O–H groups in total. The second kappa shape index (κ2) is 24.0. The van der Waals surface area contributed by atoms with E-state index in [-0.39, 0.29) is 36.4 Å². The molecular formula is C75H87N6O3+3. The van der Waals surface area contributed by atoms with Gasteiger partial charge in [0.15, 0.2) is 0 Å². The van der Waals surface area contributed by atoms with Gasteiger partial charge in [-0.25, -0.2) is 0 Å². The van der Waals surface area contributed by atoms with Gasteiger partial charge in [-0.15, -0.1) is 39.5 Å². The molecule has 9 nitrogen and oxygen atoms in total. The molecular weight excluding hydrogens is 1030 g/mol. The fraction of sp³-hybridized carbons (Fsp3) is 0.400. The number of fused-ring (bicyclic) bond motifs is 12. The molecule has 0 saturated carbocycles. The molecule has 0 spiro atoms. The Hall–Kier alpha value is -6.69. The number of ether oxygens (including phenoxy) is 3. The lowest BCUT2D eigenvalue weighted by Gasteiger charge is -2.59. The maximum atomic E-state index is 7.16. The summed E-state index contributed by atoms with van der Waals surface area (Å²) in [5.41, 5.74) is 11.0. The molecule has 16 rings (SSSR count). The minimum Gasteiger partial charge on any atom is -0.363 e. The van der Waals surface area contributed by atoms with Crippen molar-refractivity contribution in [3.8, 4) is 0 Å². The first kappa shape index (κ1) is 56.4. The third-order valence-electron chi connectivity index (χ3n) is 21.8. The summed E-state index contributed by atoms with van der Waals surface area (Å²) >= 11 is 0. The van der Waals surface area contributed by atoms with Crippen molar-refractivity contribution >= 4 is 32.7 Å². The maximum Gasteiger partial charge on any atom is 0.135 e. The predicted octanol–water partition coefficient (Wildman–Crippen LogP) is 14.9. The van der Waals surface area contributed by atoms with E-state index in [1.807, 2.05) is 36.8 Å². The van der Waals surface area contributed by atoms with Crippen LogP contribution in [0.25, 0.3) is 32.7 Å². The Morgan fingerprint density at radius 3 is 1.00 bits per heavy atom. The average molecular weight is 1120 g/mol. The molecule has 9 saturated heterocycles. The van der Waals surface area contributed by atoms with E-state index in [2.05, 4.69) is 167 Å². The highest BCUT2D eigenvalue weighted by atomic mass is 16.5. The van der Waals surface area contributed by atoms with Crippen molar-refractivity contribution in [2.75, 3.05) is 59.1 Å². The zero-order chi connectivity index (χ0) is 57.4. The lowest BCUT2D eigenvalue weighted by Crippen LogP contribution is -2.68. The van der Waals surface area contributed by atoms with Crippen LogP contribution in [0, 0.1) is 35.5 Å². The molecule has 9 aliphatic rings. The van der Waals surface area contributed by atoms with Gasteiger partial charge in [0, 0.05) is 108 Å². The van der Waals surface area contributed by atoms with Crippen LogP contribution in [0.3, 0.4) is 0 Å². The van der Waals surface area contributed by atoms with Gasteiger partial charge in [-0.1, -0.05) is 91.1 Å². The normalized spacial score (nSPS) is 30.6. The van der Waals surface area contributed by atoms with Crippen molar-refractivity contribution < 1.29 is 27.7 Å². The molecule has 0 amide bonds. The van der Waals surface area contributed by atoms with E-state index in [9.17, 15) is 0 Å². The number of hydrogen-bond donors (Lipinski definition) is 0. The summed E-state index contributed by atoms with van der Waals surface area (Å²) in [6.45, 7) is 36.7. The molecule has 7 aromatic rings. The van der Waals surface area contributed by atoms with Crippen LogP contribution in [0.1, 0.15) is 90.2 Å². The summed E-state index contributed by atoms with van der Waals surface area (Å²) in [7, 11) is 0. The van der Waals surface area contributed by atoms with Crippen molar-refractivity contribution in [1.29, 1.82) is 0 Å². The van der Waals surface area contributed by atoms with Crippen LogP contribution in [0.15, 0.2) is 204 Å². The topological polar surface area (TPSA) is 66.4 Å². The number of aromatic nitrogens is 3. The van der Waals surface area contributed by atoms with Gasteiger partial charge < -0.3 is 27.7 Å². The van der Waals surface area contributed by atoms with Crippen molar-refractivity contribution in [2.45, 2.75) is 94.6 Å². The van der Waals surface area contributed by atoms with Crippen molar-refractivity contribution in [2.24, 2.45) is 35.5 Å². The molecule has 4 aromatic carbocycles. The van der Waals surface area contributed by atoms with Gasteiger partial charge in [-0.3, -0.25) is 15.0 Å². The highest BCUT2D eigenvalue weighted by molar-refractivity contribution is 5.84. The number of pyridine rings is 3. The molecule has 3 unspecified atom stereocenters. The smallest absolute Gasteiger partial charge is 0.135 e. The van der Waals surface area contributed by atoms with E-state index in [4.69, 9.17) is 29.2 Å². The average Bonchev–Trinajstić information content (AvgIpc) is 2.16.